The predicted molar refractivity (Wildman–Crippen MR) is 143 cm³/mol. The first-order chi connectivity index (χ1) is 17.8. The van der Waals surface area contributed by atoms with Crippen LogP contribution in [0.2, 0.25) is 0 Å². The van der Waals surface area contributed by atoms with E-state index in [0.29, 0.717) is 42.5 Å². The van der Waals surface area contributed by atoms with E-state index < -0.39 is 26.9 Å². The minimum atomic E-state index is -3.83. The summed E-state index contributed by atoms with van der Waals surface area (Å²) in [6.45, 7) is 5.21. The number of sulfonamides is 1. The number of aliphatic hydroxyl groups excluding tert-OH is 1. The summed E-state index contributed by atoms with van der Waals surface area (Å²) in [5.74, 6) is -0.678. The lowest BCUT2D eigenvalue weighted by Crippen LogP contribution is -2.48. The summed E-state index contributed by atoms with van der Waals surface area (Å²) in [6, 6.07) is 13.7. The van der Waals surface area contributed by atoms with Gasteiger partial charge in [0.2, 0.25) is 21.8 Å². The minimum absolute atomic E-state index is 0.113. The van der Waals surface area contributed by atoms with Crippen LogP contribution >= 0.6 is 0 Å². The number of nitrogens with one attached hydrogen (secondary N) is 1. The van der Waals surface area contributed by atoms with E-state index in [9.17, 15) is 22.7 Å². The van der Waals surface area contributed by atoms with Gasteiger partial charge in [0.1, 0.15) is 11.4 Å². The summed E-state index contributed by atoms with van der Waals surface area (Å²) in [6.07, 6.45) is 1.74. The van der Waals surface area contributed by atoms with Crippen molar-refractivity contribution in [2.45, 2.75) is 68.9 Å². The van der Waals surface area contributed by atoms with Crippen molar-refractivity contribution in [1.82, 2.24) is 9.71 Å². The maximum Gasteiger partial charge on any atom is 0.240 e. The second-order valence-corrected chi connectivity index (χ2v) is 12.4. The summed E-state index contributed by atoms with van der Waals surface area (Å²) >= 11 is 0. The van der Waals surface area contributed by atoms with Crippen molar-refractivity contribution in [3.63, 3.8) is 0 Å². The Hall–Kier alpha value is -3.08. The fourth-order valence-electron chi connectivity index (χ4n) is 5.13. The number of fused-ring (bicyclic) bond motifs is 1. The normalized spacial score (nSPS) is 21.2. The van der Waals surface area contributed by atoms with Gasteiger partial charge in [-0.3, -0.25) is 4.79 Å². The maximum atomic E-state index is 13.4. The average Bonchev–Trinajstić information content (AvgIpc) is 2.88. The second-order valence-electron chi connectivity index (χ2n) is 10.7. The van der Waals surface area contributed by atoms with Crippen molar-refractivity contribution in [2.24, 2.45) is 11.1 Å². The Labute approximate surface area is 222 Å². The molecule has 0 radical (unpaired) electrons. The average molecular weight is 544 g/mol. The summed E-state index contributed by atoms with van der Waals surface area (Å²) in [7, 11) is -3.83. The van der Waals surface area contributed by atoms with Crippen LogP contribution in [0.1, 0.15) is 57.9 Å². The zero-order chi connectivity index (χ0) is 27.7. The van der Waals surface area contributed by atoms with Gasteiger partial charge in [-0.2, -0.15) is 0 Å². The minimum Gasteiger partial charge on any atom is -0.469 e. The van der Waals surface area contributed by atoms with Gasteiger partial charge in [-0.05, 0) is 87.4 Å². The van der Waals surface area contributed by atoms with E-state index in [2.05, 4.69) is 9.71 Å². The fraction of sp³-hybridized carbons (Fsp3) is 0.429. The molecule has 0 unspecified atom stereocenters. The molecule has 1 fully saturated rings. The monoisotopic (exact) mass is 543 g/mol. The molecule has 3 aromatic rings. The van der Waals surface area contributed by atoms with Gasteiger partial charge < -0.3 is 15.6 Å². The van der Waals surface area contributed by atoms with Crippen LogP contribution in [0.5, 0.6) is 5.88 Å². The molecule has 38 heavy (non-hydrogen) atoms. The van der Waals surface area contributed by atoms with Crippen molar-refractivity contribution in [3.8, 4) is 5.88 Å². The van der Waals surface area contributed by atoms with Crippen LogP contribution in [0, 0.1) is 11.2 Å². The van der Waals surface area contributed by atoms with E-state index in [1.165, 1.54) is 18.2 Å². The highest BCUT2D eigenvalue weighted by molar-refractivity contribution is 7.89. The number of hydrogen-bond acceptors (Lipinski definition) is 6. The molecule has 1 aliphatic rings. The first-order valence-corrected chi connectivity index (χ1v) is 14.1. The van der Waals surface area contributed by atoms with Gasteiger partial charge in [-0.15, -0.1) is 0 Å². The molecule has 1 aliphatic carbocycles. The number of halogens is 1. The molecule has 4 N–H and O–H groups in total. The van der Waals surface area contributed by atoms with Gasteiger partial charge >= 0.3 is 0 Å². The third-order valence-corrected chi connectivity index (χ3v) is 9.11. The lowest BCUT2D eigenvalue weighted by atomic mass is 9.63. The smallest absolute Gasteiger partial charge is 0.240 e. The highest BCUT2D eigenvalue weighted by Gasteiger charge is 2.45. The molecule has 0 saturated heterocycles. The van der Waals surface area contributed by atoms with E-state index in [1.54, 1.807) is 50.2 Å². The number of nitrogens with two attached hydrogens (primary N) is 1. The molecule has 1 aromatic heterocycles. The van der Waals surface area contributed by atoms with Gasteiger partial charge in [0.15, 0.2) is 0 Å². The molecular formula is C28H34FN3O5S. The van der Waals surface area contributed by atoms with Crippen LogP contribution in [0.15, 0.2) is 59.5 Å². The van der Waals surface area contributed by atoms with Crippen LogP contribution in [-0.4, -0.2) is 42.7 Å². The van der Waals surface area contributed by atoms with Gasteiger partial charge in [-0.1, -0.05) is 19.1 Å². The molecule has 8 nitrogen and oxygen atoms in total. The van der Waals surface area contributed by atoms with Crippen molar-refractivity contribution < 1.29 is 27.4 Å². The Morgan fingerprint density at radius 1 is 1.18 bits per heavy atom. The van der Waals surface area contributed by atoms with E-state index in [4.69, 9.17) is 10.5 Å². The molecule has 1 atom stereocenters. The third-order valence-electron chi connectivity index (χ3n) is 7.60. The molecule has 1 heterocycles. The van der Waals surface area contributed by atoms with Crippen molar-refractivity contribution in [3.05, 3.63) is 66.0 Å². The van der Waals surface area contributed by atoms with E-state index >= 15 is 0 Å². The lowest BCUT2D eigenvalue weighted by Gasteiger charge is -2.42. The number of rotatable bonds is 9. The summed E-state index contributed by atoms with van der Waals surface area (Å²) in [4.78, 5) is 17.1. The molecule has 4 rings (SSSR count). The highest BCUT2D eigenvalue weighted by Crippen LogP contribution is 2.47. The molecule has 10 heteroatoms. The number of aliphatic hydroxyl groups is 1. The largest absolute Gasteiger partial charge is 0.469 e. The van der Waals surface area contributed by atoms with Crippen LogP contribution in [-0.2, 0) is 14.8 Å². The van der Waals surface area contributed by atoms with Crippen molar-refractivity contribution >= 4 is 26.8 Å². The van der Waals surface area contributed by atoms with Gasteiger partial charge in [0, 0.05) is 17.5 Å². The zero-order valence-corrected chi connectivity index (χ0v) is 22.6. The second kappa shape index (κ2) is 10.6. The van der Waals surface area contributed by atoms with E-state index in [0.717, 1.165) is 5.56 Å². The van der Waals surface area contributed by atoms with Crippen LogP contribution in [0.25, 0.3) is 10.9 Å². The third kappa shape index (κ3) is 5.82. The molecule has 0 spiro atoms. The Kier molecular flexibility index (Phi) is 7.79. The number of carbonyl (C=O) groups excluding carboxylic acids is 1. The number of aromatic nitrogens is 1. The number of primary amides is 1. The van der Waals surface area contributed by atoms with Crippen molar-refractivity contribution in [1.29, 1.82) is 0 Å². The van der Waals surface area contributed by atoms with Crippen molar-refractivity contribution in [2.75, 3.05) is 6.61 Å². The number of nitrogens with zero attached hydrogens (tertiary/aromatic N) is 1. The first kappa shape index (κ1) is 27.9. The molecule has 0 bridgehead atoms. The number of ether oxygens (including phenoxy) is 1. The highest BCUT2D eigenvalue weighted by atomic mass is 32.2. The number of carbonyl (C=O) groups is 1. The standard InChI is InChI=1S/C28H34FN3O5S/c1-18(19-4-7-21(29)8-5-19)28(26(30)34)14-12-22(13-15-28)32-38(35,36)23-9-10-24-20(16-23)6-11-25(31-24)37-27(2,3)17-33/h4-11,16,18,22,32-33H,12-15,17H2,1-3H3,(H2,30,34)/t18-,22?,28?/m1/s1. The zero-order valence-electron chi connectivity index (χ0n) is 21.8. The number of hydrogen-bond donors (Lipinski definition) is 3. The molecule has 2 aromatic carbocycles. The number of benzene rings is 2. The summed E-state index contributed by atoms with van der Waals surface area (Å²) in [5, 5.41) is 10.0. The topological polar surface area (TPSA) is 132 Å². The Morgan fingerprint density at radius 3 is 2.45 bits per heavy atom. The van der Waals surface area contributed by atoms with Crippen LogP contribution in [0.4, 0.5) is 4.39 Å². The Balaban J connectivity index is 1.47. The Morgan fingerprint density at radius 2 is 1.84 bits per heavy atom. The summed E-state index contributed by atoms with van der Waals surface area (Å²) in [5.41, 5.74) is 5.62. The Bertz CT molecular complexity index is 1420. The number of amides is 1. The lowest BCUT2D eigenvalue weighted by molar-refractivity contribution is -0.131. The van der Waals surface area contributed by atoms with Crippen LogP contribution in [0.3, 0.4) is 0 Å². The quantitative estimate of drug-likeness (QED) is 0.374. The molecule has 1 amide bonds. The summed E-state index contributed by atoms with van der Waals surface area (Å²) < 4.78 is 48.3. The van der Waals surface area contributed by atoms with E-state index in [-0.39, 0.29) is 29.3 Å². The molecular weight excluding hydrogens is 509 g/mol. The van der Waals surface area contributed by atoms with Gasteiger partial charge in [0.25, 0.3) is 0 Å². The number of pyridine rings is 1. The maximum absolute atomic E-state index is 13.4. The molecule has 1 saturated carbocycles. The molecule has 0 aliphatic heterocycles. The van der Waals surface area contributed by atoms with Gasteiger partial charge in [-0.25, -0.2) is 22.5 Å². The predicted octanol–water partition coefficient (Wildman–Crippen LogP) is 4.02. The van der Waals surface area contributed by atoms with Crippen LogP contribution < -0.4 is 15.2 Å². The molecule has 204 valence electrons. The fourth-order valence-corrected chi connectivity index (χ4v) is 6.47. The SMILES string of the molecule is C[C@H](c1ccc(F)cc1)C1(C(N)=O)CCC(NS(=O)(=O)c2ccc3nc(OC(C)(C)CO)ccc3c2)CC1. The van der Waals surface area contributed by atoms with E-state index in [1.807, 2.05) is 6.92 Å². The van der Waals surface area contributed by atoms with Gasteiger partial charge in [0.05, 0.1) is 22.4 Å². The first-order valence-electron chi connectivity index (χ1n) is 12.6.